The lowest BCUT2D eigenvalue weighted by Crippen LogP contribution is -2.46. The van der Waals surface area contributed by atoms with E-state index in [0.29, 0.717) is 58.4 Å². The first-order valence-electron chi connectivity index (χ1n) is 39.0. The van der Waals surface area contributed by atoms with Crippen molar-refractivity contribution in [2.45, 2.75) is 112 Å². The van der Waals surface area contributed by atoms with Crippen molar-refractivity contribution in [3.8, 4) is 62.7 Å². The summed E-state index contributed by atoms with van der Waals surface area (Å²) in [6.07, 6.45) is 7.27. The Bertz CT molecular complexity index is 5330. The topological polar surface area (TPSA) is 355 Å². The van der Waals surface area contributed by atoms with Crippen LogP contribution >= 0.6 is 11.8 Å². The van der Waals surface area contributed by atoms with Crippen LogP contribution in [-0.4, -0.2) is 148 Å². The lowest BCUT2D eigenvalue weighted by molar-refractivity contribution is -0.134. The molecule has 12 rings (SSSR count). The number of rotatable bonds is 36. The van der Waals surface area contributed by atoms with Crippen molar-refractivity contribution in [1.29, 1.82) is 0 Å². The van der Waals surface area contributed by atoms with Crippen molar-refractivity contribution in [3.63, 3.8) is 0 Å². The van der Waals surface area contributed by atoms with Crippen LogP contribution in [-0.2, 0) is 64.5 Å². The SMILES string of the molecule is C/C(=C\[C@@H](C)C(=O)N(C/C(C)=C/[C@H](C)C(=O)N(C/C(C)=C/[C@@H](C)C(=O)N(C/C(C)=C/[C@H](C)C(=O)NCCCC(=O)N[C@@H](CSC1CC(=O)N(c2ccc(-c3c4ccc(=O)cc-4oc4cc(O)ccc34)c(C(=O)O)c2)C1=O)C(N)=O)Cc1ccccc1)Cc1ccc2c(c1)OCO2)Cc1ccc2c(c1)OCO2)CNCc1ccc2c(c1)OCO2. The highest BCUT2D eigenvalue weighted by Gasteiger charge is 2.41. The van der Waals surface area contributed by atoms with Crippen LogP contribution in [0.2, 0.25) is 0 Å². The summed E-state index contributed by atoms with van der Waals surface area (Å²) in [5.74, 6) is -3.83. The number of hydrogen-bond acceptors (Lipinski definition) is 20. The molecule has 0 radical (unpaired) electrons. The van der Waals surface area contributed by atoms with Gasteiger partial charge in [-0.05, 0) is 135 Å². The lowest BCUT2D eigenvalue weighted by Gasteiger charge is -2.28. The molecule has 28 heteroatoms. The smallest absolute Gasteiger partial charge is 0.336 e. The van der Waals surface area contributed by atoms with Crippen LogP contribution in [0.15, 0.2) is 195 Å². The number of thioether (sulfide) groups is 1. The molecule has 1 saturated heterocycles. The van der Waals surface area contributed by atoms with Crippen molar-refractivity contribution >= 4 is 81.6 Å². The van der Waals surface area contributed by atoms with Crippen LogP contribution in [0.25, 0.3) is 33.4 Å². The highest BCUT2D eigenvalue weighted by Crippen LogP contribution is 2.44. The summed E-state index contributed by atoms with van der Waals surface area (Å²) >= 11 is 0.929. The van der Waals surface area contributed by atoms with E-state index < -0.39 is 64.6 Å². The first kappa shape index (κ1) is 84.7. The molecule has 6 atom stereocenters. The van der Waals surface area contributed by atoms with E-state index in [4.69, 9.17) is 38.6 Å². The fourth-order valence-electron chi connectivity index (χ4n) is 14.9. The van der Waals surface area contributed by atoms with E-state index >= 15 is 4.79 Å². The molecule has 5 heterocycles. The second kappa shape index (κ2) is 38.4. The van der Waals surface area contributed by atoms with Crippen LogP contribution in [0.5, 0.6) is 40.2 Å². The molecule has 27 nitrogen and oxygen atoms in total. The fourth-order valence-corrected chi connectivity index (χ4v) is 16.1. The summed E-state index contributed by atoms with van der Waals surface area (Å²) in [6.45, 7) is 17.8. The molecule has 118 heavy (non-hydrogen) atoms. The van der Waals surface area contributed by atoms with Gasteiger partial charge in [0.2, 0.25) is 67.6 Å². The largest absolute Gasteiger partial charge is 0.508 e. The third-order valence-electron chi connectivity index (χ3n) is 20.5. The van der Waals surface area contributed by atoms with E-state index in [2.05, 4.69) is 16.0 Å². The molecule has 6 aromatic rings. The van der Waals surface area contributed by atoms with Gasteiger partial charge in [-0.1, -0.05) is 129 Å². The second-order valence-corrected chi connectivity index (χ2v) is 31.5. The molecule has 5 aliphatic heterocycles. The van der Waals surface area contributed by atoms with Gasteiger partial charge in [-0.2, -0.15) is 0 Å². The number of phenolic OH excluding ortho intramolecular Hbond substituents is 1. The number of carboxylic acids is 1. The number of carbonyl (C=O) groups is 9. The Hall–Kier alpha value is -12.7. The third-order valence-corrected chi connectivity index (χ3v) is 21.8. The second-order valence-electron chi connectivity index (χ2n) is 30.3. The number of fused-ring (bicyclic) bond motifs is 5. The van der Waals surface area contributed by atoms with Crippen LogP contribution in [0.3, 0.4) is 0 Å². The predicted molar refractivity (Wildman–Crippen MR) is 444 cm³/mol. The first-order valence-corrected chi connectivity index (χ1v) is 40.0. The number of primary amides is 1. The van der Waals surface area contributed by atoms with E-state index in [9.17, 15) is 53.4 Å². The van der Waals surface area contributed by atoms with E-state index in [1.54, 1.807) is 33.8 Å². The van der Waals surface area contributed by atoms with Crippen LogP contribution < -0.4 is 60.4 Å². The molecular formula is C90H96N8O19S. The number of imide groups is 1. The zero-order valence-corrected chi connectivity index (χ0v) is 67.8. The van der Waals surface area contributed by atoms with Gasteiger partial charge in [0.05, 0.1) is 40.2 Å². The van der Waals surface area contributed by atoms with Gasteiger partial charge in [-0.25, -0.2) is 9.69 Å². The molecular weight excluding hydrogens is 1530 g/mol. The first-order chi connectivity index (χ1) is 56.6. The van der Waals surface area contributed by atoms with Crippen molar-refractivity contribution in [2.75, 3.05) is 63.8 Å². The molecule has 616 valence electrons. The molecule has 1 unspecified atom stereocenters. The molecule has 0 bridgehead atoms. The van der Waals surface area contributed by atoms with Gasteiger partial charge in [0.15, 0.2) is 39.9 Å². The fraction of sp³-hybridized carbons (Fsp3) is 0.333. The molecule has 0 spiro atoms. The molecule has 6 aromatic carbocycles. The number of carbonyl (C=O) groups excluding carboxylic acids is 8. The van der Waals surface area contributed by atoms with Gasteiger partial charge in [-0.15, -0.1) is 11.8 Å². The zero-order chi connectivity index (χ0) is 84.0. The van der Waals surface area contributed by atoms with Crippen LogP contribution in [0.4, 0.5) is 5.69 Å². The lowest BCUT2D eigenvalue weighted by atomic mass is 9.90. The van der Waals surface area contributed by atoms with Crippen molar-refractivity contribution in [1.82, 2.24) is 30.7 Å². The Morgan fingerprint density at radius 1 is 0.576 bits per heavy atom. The van der Waals surface area contributed by atoms with E-state index in [1.165, 1.54) is 48.5 Å². The summed E-state index contributed by atoms with van der Waals surface area (Å²) in [4.78, 5) is 143. The average molecular weight is 1630 g/mol. The zero-order valence-electron chi connectivity index (χ0n) is 67.0. The summed E-state index contributed by atoms with van der Waals surface area (Å²) in [5.41, 5.74) is 13.0. The Morgan fingerprint density at radius 2 is 1.09 bits per heavy atom. The molecule has 8 amide bonds. The number of anilines is 1. The number of nitrogens with zero attached hydrogens (tertiary/aromatic N) is 4. The predicted octanol–water partition coefficient (Wildman–Crippen LogP) is 11.6. The van der Waals surface area contributed by atoms with Crippen molar-refractivity contribution in [3.05, 3.63) is 224 Å². The number of aromatic hydroxyl groups is 1. The summed E-state index contributed by atoms with van der Waals surface area (Å²) < 4.78 is 39.6. The molecule has 6 aliphatic rings. The minimum atomic E-state index is -1.39. The van der Waals surface area contributed by atoms with Gasteiger partial charge in [0.25, 0.3) is 0 Å². The molecule has 1 aliphatic carbocycles. The third kappa shape index (κ3) is 21.3. The van der Waals surface area contributed by atoms with E-state index in [-0.39, 0.29) is 154 Å². The van der Waals surface area contributed by atoms with Crippen molar-refractivity contribution < 1.29 is 86.2 Å². The Kier molecular flexibility index (Phi) is 27.6. The summed E-state index contributed by atoms with van der Waals surface area (Å²) in [6, 6.07) is 37.7. The normalized spacial score (nSPS) is 15.7. The maximum Gasteiger partial charge on any atom is 0.336 e. The standard InChI is InChI=1S/C90H96N8O19S/c1-52(40-92-41-61-16-25-72-77(33-61)114-49-111-72)29-57(6)86(105)96(46-62-17-26-73-78(34-62)115-50-112-73)43-55(4)32-59(8)88(107)97(47-63-18-27-74-79(35-63)116-51-113-74)44-54(3)31-58(7)87(106)95(45-60-13-10-9-11-14-60)42-53(2)30-56(5)85(104)93-28-12-15-81(101)94-71(84(91)103)48-118-80-39-82(102)98(89(80)108)64-19-22-67(70(36-64)90(109)110)83-68-23-20-65(99)37-75(68)117-76-38-66(100)21-24-69(76)83/h9-11,13-14,16-27,29-38,56-59,71,80,92,99H,12,15,28,39-51H2,1-8H3,(H2,91,103)(H,93,104)(H,94,101)(H,109,110)/b52-29+,53-30+,54-31+,55-32+/t56-,57+,58+,59-,71-,80?/m0/s1. The van der Waals surface area contributed by atoms with Crippen molar-refractivity contribution in [2.24, 2.45) is 29.4 Å². The number of hydrogen-bond donors (Lipinski definition) is 6. The number of benzene rings is 7. The molecule has 1 fully saturated rings. The van der Waals surface area contributed by atoms with E-state index in [1.807, 2.05) is 152 Å². The Labute approximate surface area is 687 Å². The maximum absolute atomic E-state index is 15.1. The number of phenols is 1. The maximum atomic E-state index is 15.1. The minimum Gasteiger partial charge on any atom is -0.508 e. The number of amides is 8. The number of carboxylic acid groups (broad SMARTS) is 1. The number of aromatic carboxylic acids is 1. The number of nitrogens with two attached hydrogens (primary N) is 1. The Morgan fingerprint density at radius 3 is 1.65 bits per heavy atom. The van der Waals surface area contributed by atoms with Crippen LogP contribution in [0.1, 0.15) is 107 Å². The molecule has 0 aromatic heterocycles. The highest BCUT2D eigenvalue weighted by atomic mass is 32.2. The highest BCUT2D eigenvalue weighted by molar-refractivity contribution is 8.00. The quantitative estimate of drug-likeness (QED) is 0.00919. The Balaban J connectivity index is 0.646. The van der Waals surface area contributed by atoms with Gasteiger partial charge in [-0.3, -0.25) is 43.2 Å². The number of ether oxygens (including phenoxy) is 6. The average Bonchev–Trinajstić information content (AvgIpc) is 1.11. The minimum absolute atomic E-state index is 0.0265. The number of nitrogens with one attached hydrogen (secondary N) is 3. The van der Waals surface area contributed by atoms with Gasteiger partial charge < -0.3 is 79.4 Å². The molecule has 0 saturated carbocycles. The van der Waals surface area contributed by atoms with Gasteiger partial charge in [0, 0.05) is 106 Å². The van der Waals surface area contributed by atoms with E-state index in [0.717, 1.165) is 67.0 Å². The van der Waals surface area contributed by atoms with Gasteiger partial charge in [0.1, 0.15) is 23.1 Å². The summed E-state index contributed by atoms with van der Waals surface area (Å²) in [5, 5.41) is 29.1. The van der Waals surface area contributed by atoms with Gasteiger partial charge >= 0.3 is 5.97 Å². The monoisotopic (exact) mass is 1620 g/mol. The summed E-state index contributed by atoms with van der Waals surface area (Å²) in [7, 11) is 0. The molecule has 7 N–H and O–H groups in total. The van der Waals surface area contributed by atoms with Crippen LogP contribution in [0, 0.1) is 23.7 Å².